The molecule has 4 N–H and O–H groups in total. The topological polar surface area (TPSA) is 92.0 Å². The summed E-state index contributed by atoms with van der Waals surface area (Å²) in [7, 11) is 0. The lowest BCUT2D eigenvalue weighted by Crippen LogP contribution is -2.51. The van der Waals surface area contributed by atoms with Crippen molar-refractivity contribution in [1.82, 2.24) is 15.5 Å². The Balaban J connectivity index is 1.38. The van der Waals surface area contributed by atoms with Gasteiger partial charge < -0.3 is 26.0 Å². The Labute approximate surface area is 202 Å². The largest absolute Gasteiger partial charge is 0.486 e. The molecule has 1 aromatic rings. The van der Waals surface area contributed by atoms with E-state index in [0.717, 1.165) is 30.2 Å². The molecule has 10 heteroatoms. The highest BCUT2D eigenvalue weighted by Gasteiger charge is 2.43. The molecule has 7 nitrogen and oxygen atoms in total. The molecule has 4 aliphatic rings. The zero-order chi connectivity index (χ0) is 24.1. The lowest BCUT2D eigenvalue weighted by Gasteiger charge is -2.33. The van der Waals surface area contributed by atoms with Crippen LogP contribution in [0.5, 0.6) is 5.75 Å². The van der Waals surface area contributed by atoms with Gasteiger partial charge in [-0.1, -0.05) is 11.6 Å². The number of carbonyl (C=O) groups is 1. The maximum absolute atomic E-state index is 14.9. The second kappa shape index (κ2) is 8.94. The molecule has 5 atom stereocenters. The fourth-order valence-electron chi connectivity index (χ4n) is 5.21. The third-order valence-corrected chi connectivity index (χ3v) is 7.59. The number of nitrogens with two attached hydrogens (primary N) is 1. The van der Waals surface area contributed by atoms with Gasteiger partial charge in [0.05, 0.1) is 16.3 Å². The van der Waals surface area contributed by atoms with Crippen LogP contribution in [0.15, 0.2) is 45.3 Å². The monoisotopic (exact) mass is 491 g/mol. The highest BCUT2D eigenvalue weighted by molar-refractivity contribution is 6.43. The summed E-state index contributed by atoms with van der Waals surface area (Å²) in [6.45, 7) is 4.18. The van der Waals surface area contributed by atoms with Crippen molar-refractivity contribution in [3.05, 3.63) is 51.7 Å². The average molecular weight is 492 g/mol. The van der Waals surface area contributed by atoms with Crippen LogP contribution in [0, 0.1) is 5.82 Å². The summed E-state index contributed by atoms with van der Waals surface area (Å²) in [6, 6.07) is 3.25. The SMILES string of the molecule is CC1=N/C(=C2\CN(C(=O)c3ccc(F)cc3OC3CC4CCC(N4)C3F)CC2N)NC(C)=C1Cl. The van der Waals surface area contributed by atoms with Crippen LogP contribution in [-0.4, -0.2) is 60.0 Å². The van der Waals surface area contributed by atoms with Crippen LogP contribution in [0.1, 0.15) is 43.5 Å². The molecule has 5 unspecified atom stereocenters. The summed E-state index contributed by atoms with van der Waals surface area (Å²) in [5, 5.41) is 6.96. The Morgan fingerprint density at radius 1 is 1.32 bits per heavy atom. The lowest BCUT2D eigenvalue weighted by atomic mass is 10.00. The molecule has 3 saturated heterocycles. The molecular formula is C24H28ClF2N5O2. The number of fused-ring (bicyclic) bond motifs is 2. The standard InChI is InChI=1S/C24H28ClF2N5O2/c1-11-21(25)12(2)30-23(29-11)16-9-32(10-17(16)28)24(33)15-5-3-13(26)7-19(15)34-20-8-14-4-6-18(31-14)22(20)27/h3,5,7,14,17-18,20,22,29,31H,4,6,8-10,28H2,1-2H3/b23-16+. The summed E-state index contributed by atoms with van der Waals surface area (Å²) in [6.07, 6.45) is 0.167. The third kappa shape index (κ3) is 4.21. The van der Waals surface area contributed by atoms with Gasteiger partial charge >= 0.3 is 0 Å². The van der Waals surface area contributed by atoms with Gasteiger partial charge in [-0.3, -0.25) is 4.79 Å². The zero-order valence-electron chi connectivity index (χ0n) is 19.1. The van der Waals surface area contributed by atoms with E-state index in [4.69, 9.17) is 22.1 Å². The van der Waals surface area contributed by atoms with Gasteiger partial charge in [0.25, 0.3) is 5.91 Å². The number of piperidine rings is 1. The number of likely N-dealkylation sites (tertiary alicyclic amines) is 1. The fourth-order valence-corrected chi connectivity index (χ4v) is 5.30. The Kier molecular flexibility index (Phi) is 6.12. The fraction of sp³-hybridized carbons (Fsp3) is 0.500. The van der Waals surface area contributed by atoms with E-state index >= 15 is 0 Å². The number of nitrogens with zero attached hydrogens (tertiary/aromatic N) is 2. The average Bonchev–Trinajstić information content (AvgIpc) is 3.39. The first-order chi connectivity index (χ1) is 16.2. The van der Waals surface area contributed by atoms with E-state index in [1.54, 1.807) is 4.90 Å². The van der Waals surface area contributed by atoms with Crippen molar-refractivity contribution >= 4 is 23.2 Å². The third-order valence-electron chi connectivity index (χ3n) is 7.03. The summed E-state index contributed by atoms with van der Waals surface area (Å²) in [4.78, 5) is 19.5. The van der Waals surface area contributed by atoms with Gasteiger partial charge in [-0.15, -0.1) is 0 Å². The molecule has 4 aliphatic heterocycles. The van der Waals surface area contributed by atoms with Crippen molar-refractivity contribution in [2.24, 2.45) is 10.7 Å². The first kappa shape index (κ1) is 23.3. The van der Waals surface area contributed by atoms with E-state index in [0.29, 0.717) is 23.0 Å². The Morgan fingerprint density at radius 2 is 2.12 bits per heavy atom. The molecule has 0 aromatic heterocycles. The minimum atomic E-state index is -1.22. The number of rotatable bonds is 3. The summed E-state index contributed by atoms with van der Waals surface area (Å²) >= 11 is 6.22. The number of alkyl halides is 1. The predicted molar refractivity (Wildman–Crippen MR) is 126 cm³/mol. The number of halogens is 3. The van der Waals surface area contributed by atoms with E-state index in [2.05, 4.69) is 15.6 Å². The van der Waals surface area contributed by atoms with Crippen molar-refractivity contribution in [3.8, 4) is 5.75 Å². The molecule has 4 heterocycles. The molecule has 3 fully saturated rings. The number of allylic oxidation sites excluding steroid dienone is 2. The van der Waals surface area contributed by atoms with Gasteiger partial charge in [0.2, 0.25) is 0 Å². The van der Waals surface area contributed by atoms with Gasteiger partial charge in [-0.25, -0.2) is 13.8 Å². The first-order valence-electron chi connectivity index (χ1n) is 11.5. The highest BCUT2D eigenvalue weighted by atomic mass is 35.5. The molecule has 0 saturated carbocycles. The first-order valence-corrected chi connectivity index (χ1v) is 11.9. The summed E-state index contributed by atoms with van der Waals surface area (Å²) in [5.41, 5.74) is 8.75. The maximum atomic E-state index is 14.9. The van der Waals surface area contributed by atoms with Crippen molar-refractivity contribution in [3.63, 3.8) is 0 Å². The van der Waals surface area contributed by atoms with Gasteiger partial charge in [-0.05, 0) is 38.8 Å². The molecule has 34 heavy (non-hydrogen) atoms. The van der Waals surface area contributed by atoms with E-state index in [1.807, 2.05) is 13.8 Å². The van der Waals surface area contributed by atoms with Crippen molar-refractivity contribution in [1.29, 1.82) is 0 Å². The number of hydrogen-bond donors (Lipinski definition) is 3. The molecule has 0 radical (unpaired) electrons. The van der Waals surface area contributed by atoms with E-state index in [1.165, 1.54) is 12.1 Å². The van der Waals surface area contributed by atoms with E-state index in [-0.39, 0.29) is 42.4 Å². The Hall–Kier alpha value is -2.49. The van der Waals surface area contributed by atoms with Crippen LogP contribution < -0.4 is 21.1 Å². The van der Waals surface area contributed by atoms with Crippen LogP contribution in [0.2, 0.25) is 0 Å². The maximum Gasteiger partial charge on any atom is 0.257 e. The summed E-state index contributed by atoms with van der Waals surface area (Å²) in [5.74, 6) is -0.252. The van der Waals surface area contributed by atoms with Gasteiger partial charge in [0.1, 0.15) is 23.5 Å². The number of amides is 1. The van der Waals surface area contributed by atoms with Crippen LogP contribution in [-0.2, 0) is 0 Å². The Bertz CT molecular complexity index is 1120. The summed E-state index contributed by atoms with van der Waals surface area (Å²) < 4.78 is 35.0. The molecule has 0 spiro atoms. The number of aliphatic imine (C=N–C) groups is 1. The minimum absolute atomic E-state index is 0.0591. The lowest BCUT2D eigenvalue weighted by molar-refractivity contribution is 0.0442. The molecular weight excluding hydrogens is 464 g/mol. The van der Waals surface area contributed by atoms with Crippen LogP contribution >= 0.6 is 11.6 Å². The van der Waals surface area contributed by atoms with Crippen molar-refractivity contribution in [2.75, 3.05) is 13.1 Å². The number of nitrogens with one attached hydrogen (secondary N) is 2. The van der Waals surface area contributed by atoms with Gasteiger partial charge in [0, 0.05) is 55.0 Å². The van der Waals surface area contributed by atoms with Crippen molar-refractivity contribution < 1.29 is 18.3 Å². The quantitative estimate of drug-likeness (QED) is 0.604. The molecule has 1 amide bonds. The van der Waals surface area contributed by atoms with E-state index in [9.17, 15) is 13.6 Å². The smallest absolute Gasteiger partial charge is 0.257 e. The molecule has 5 rings (SSSR count). The number of ether oxygens (including phenoxy) is 1. The second-order valence-electron chi connectivity index (χ2n) is 9.45. The van der Waals surface area contributed by atoms with E-state index < -0.39 is 24.1 Å². The number of carbonyl (C=O) groups excluding carboxylic acids is 1. The van der Waals surface area contributed by atoms with Crippen LogP contribution in [0.25, 0.3) is 0 Å². The van der Waals surface area contributed by atoms with Gasteiger partial charge in [-0.2, -0.15) is 0 Å². The number of benzene rings is 1. The molecule has 182 valence electrons. The van der Waals surface area contributed by atoms with Crippen LogP contribution in [0.4, 0.5) is 8.78 Å². The normalized spacial score (nSPS) is 33.2. The van der Waals surface area contributed by atoms with Crippen LogP contribution in [0.3, 0.4) is 0 Å². The Morgan fingerprint density at radius 3 is 2.88 bits per heavy atom. The predicted octanol–water partition coefficient (Wildman–Crippen LogP) is 2.96. The second-order valence-corrected chi connectivity index (χ2v) is 9.83. The molecule has 0 aliphatic carbocycles. The minimum Gasteiger partial charge on any atom is -0.486 e. The highest BCUT2D eigenvalue weighted by Crippen LogP contribution is 2.34. The molecule has 2 bridgehead atoms. The van der Waals surface area contributed by atoms with Gasteiger partial charge in [0.15, 0.2) is 6.17 Å². The zero-order valence-corrected chi connectivity index (χ0v) is 19.8. The van der Waals surface area contributed by atoms with Crippen molar-refractivity contribution in [2.45, 2.75) is 63.5 Å². The molecule has 1 aromatic carbocycles. The number of hydrogen-bond acceptors (Lipinski definition) is 6.